The van der Waals surface area contributed by atoms with Gasteiger partial charge in [0.1, 0.15) is 11.5 Å². The van der Waals surface area contributed by atoms with Crippen molar-refractivity contribution in [1.82, 2.24) is 5.32 Å². The Morgan fingerprint density at radius 3 is 2.40 bits per heavy atom. The molecule has 0 bridgehead atoms. The molecule has 25 heavy (non-hydrogen) atoms. The first kappa shape index (κ1) is 17.9. The monoisotopic (exact) mass is 347 g/mol. The lowest BCUT2D eigenvalue weighted by Crippen LogP contribution is -2.57. The van der Waals surface area contributed by atoms with Gasteiger partial charge in [-0.1, -0.05) is 19.3 Å². The van der Waals surface area contributed by atoms with Crippen molar-refractivity contribution in [3.63, 3.8) is 0 Å². The van der Waals surface area contributed by atoms with Crippen molar-refractivity contribution in [3.05, 3.63) is 18.2 Å². The summed E-state index contributed by atoms with van der Waals surface area (Å²) in [6.45, 7) is 1.66. The van der Waals surface area contributed by atoms with Crippen molar-refractivity contribution in [2.75, 3.05) is 32.2 Å². The molecule has 1 heterocycles. The van der Waals surface area contributed by atoms with E-state index < -0.39 is 5.54 Å². The number of amides is 1. The highest BCUT2D eigenvalue weighted by Crippen LogP contribution is 2.31. The lowest BCUT2D eigenvalue weighted by atomic mass is 9.82. The van der Waals surface area contributed by atoms with Gasteiger partial charge in [0.05, 0.1) is 19.8 Å². The third-order valence-electron chi connectivity index (χ3n) is 5.42. The average Bonchev–Trinajstić information content (AvgIpc) is 3.10. The van der Waals surface area contributed by atoms with Crippen LogP contribution < -0.4 is 25.4 Å². The summed E-state index contributed by atoms with van der Waals surface area (Å²) in [5.41, 5.74) is 6.72. The van der Waals surface area contributed by atoms with Gasteiger partial charge in [-0.3, -0.25) is 4.79 Å². The molecule has 0 aromatic heterocycles. The van der Waals surface area contributed by atoms with Crippen LogP contribution >= 0.6 is 0 Å². The Bertz CT molecular complexity index is 592. The average molecular weight is 347 g/mol. The molecule has 1 aromatic rings. The molecule has 1 saturated heterocycles. The van der Waals surface area contributed by atoms with Crippen LogP contribution in [0, 0.1) is 0 Å². The minimum Gasteiger partial charge on any atom is -0.497 e. The SMILES string of the molecule is COc1cc(OC)cc(N2CCC(NC(=O)C3(N)CCCCC3)C2)c1. The fourth-order valence-corrected chi connectivity index (χ4v) is 3.83. The third-order valence-corrected chi connectivity index (χ3v) is 5.42. The zero-order valence-corrected chi connectivity index (χ0v) is 15.2. The second-order valence-electron chi connectivity index (χ2n) is 7.19. The summed E-state index contributed by atoms with van der Waals surface area (Å²) in [4.78, 5) is 14.9. The molecular weight excluding hydrogens is 318 g/mol. The van der Waals surface area contributed by atoms with E-state index in [4.69, 9.17) is 15.2 Å². The van der Waals surface area contributed by atoms with Gasteiger partial charge in [0, 0.05) is 43.0 Å². The van der Waals surface area contributed by atoms with Crippen molar-refractivity contribution in [2.45, 2.75) is 50.1 Å². The fourth-order valence-electron chi connectivity index (χ4n) is 3.83. The molecule has 1 aliphatic heterocycles. The predicted molar refractivity (Wildman–Crippen MR) is 98.3 cm³/mol. The molecule has 1 unspecified atom stereocenters. The molecule has 1 atom stereocenters. The maximum absolute atomic E-state index is 12.6. The minimum absolute atomic E-state index is 0.0160. The minimum atomic E-state index is -0.676. The number of hydrogen-bond donors (Lipinski definition) is 2. The summed E-state index contributed by atoms with van der Waals surface area (Å²) >= 11 is 0. The van der Waals surface area contributed by atoms with Crippen LogP contribution in [-0.2, 0) is 4.79 Å². The van der Waals surface area contributed by atoms with Gasteiger partial charge in [0.2, 0.25) is 5.91 Å². The zero-order valence-electron chi connectivity index (χ0n) is 15.2. The number of methoxy groups -OCH3 is 2. The van der Waals surface area contributed by atoms with Crippen LogP contribution in [0.5, 0.6) is 11.5 Å². The molecule has 1 amide bonds. The molecule has 0 spiro atoms. The van der Waals surface area contributed by atoms with Crippen LogP contribution in [0.2, 0.25) is 0 Å². The Hall–Kier alpha value is -1.95. The molecule has 138 valence electrons. The number of nitrogens with zero attached hydrogens (tertiary/aromatic N) is 1. The van der Waals surface area contributed by atoms with Crippen LogP contribution in [0.4, 0.5) is 5.69 Å². The number of nitrogens with two attached hydrogens (primary N) is 1. The highest BCUT2D eigenvalue weighted by atomic mass is 16.5. The second kappa shape index (κ2) is 7.52. The van der Waals surface area contributed by atoms with E-state index >= 15 is 0 Å². The van der Waals surface area contributed by atoms with Gasteiger partial charge in [-0.2, -0.15) is 0 Å². The van der Waals surface area contributed by atoms with Gasteiger partial charge in [-0.25, -0.2) is 0 Å². The normalized spacial score (nSPS) is 22.5. The lowest BCUT2D eigenvalue weighted by molar-refractivity contribution is -0.128. The smallest absolute Gasteiger partial charge is 0.240 e. The van der Waals surface area contributed by atoms with Crippen LogP contribution in [0.25, 0.3) is 0 Å². The lowest BCUT2D eigenvalue weighted by Gasteiger charge is -2.33. The molecule has 2 aliphatic rings. The number of nitrogens with one attached hydrogen (secondary N) is 1. The zero-order chi connectivity index (χ0) is 17.9. The first-order chi connectivity index (χ1) is 12.0. The van der Waals surface area contributed by atoms with Crippen LogP contribution in [0.1, 0.15) is 38.5 Å². The number of ether oxygens (including phenoxy) is 2. The van der Waals surface area contributed by atoms with Crippen LogP contribution in [0.15, 0.2) is 18.2 Å². The van der Waals surface area contributed by atoms with Crippen molar-refractivity contribution in [2.24, 2.45) is 5.73 Å². The van der Waals surface area contributed by atoms with E-state index in [0.717, 1.165) is 62.4 Å². The maximum atomic E-state index is 12.6. The molecule has 0 radical (unpaired) electrons. The standard InChI is InChI=1S/C19H29N3O3/c1-24-16-10-15(11-17(12-16)25-2)22-9-6-14(13-22)21-18(23)19(20)7-4-3-5-8-19/h10-12,14H,3-9,13,20H2,1-2H3,(H,21,23). The molecule has 1 saturated carbocycles. The van der Waals surface area contributed by atoms with E-state index in [1.807, 2.05) is 18.2 Å². The third kappa shape index (κ3) is 4.00. The largest absolute Gasteiger partial charge is 0.497 e. The summed E-state index contributed by atoms with van der Waals surface area (Å²) in [5.74, 6) is 1.55. The van der Waals surface area contributed by atoms with Crippen molar-refractivity contribution < 1.29 is 14.3 Å². The molecule has 1 aromatic carbocycles. The van der Waals surface area contributed by atoms with Gasteiger partial charge >= 0.3 is 0 Å². The van der Waals surface area contributed by atoms with Crippen molar-refractivity contribution in [3.8, 4) is 11.5 Å². The van der Waals surface area contributed by atoms with E-state index in [9.17, 15) is 4.79 Å². The van der Waals surface area contributed by atoms with E-state index in [2.05, 4.69) is 10.2 Å². The number of carbonyl (C=O) groups is 1. The van der Waals surface area contributed by atoms with E-state index in [1.54, 1.807) is 14.2 Å². The summed E-state index contributed by atoms with van der Waals surface area (Å²) in [6.07, 6.45) is 5.78. The number of hydrogen-bond acceptors (Lipinski definition) is 5. The van der Waals surface area contributed by atoms with Crippen LogP contribution in [-0.4, -0.2) is 44.8 Å². The number of carbonyl (C=O) groups excluding carboxylic acids is 1. The van der Waals surface area contributed by atoms with Gasteiger partial charge < -0.3 is 25.4 Å². The first-order valence-corrected chi connectivity index (χ1v) is 9.12. The van der Waals surface area contributed by atoms with Crippen molar-refractivity contribution in [1.29, 1.82) is 0 Å². The number of benzene rings is 1. The first-order valence-electron chi connectivity index (χ1n) is 9.12. The predicted octanol–water partition coefficient (Wildman–Crippen LogP) is 2.06. The molecule has 6 heteroatoms. The van der Waals surface area contributed by atoms with E-state index in [0.29, 0.717) is 0 Å². The Kier molecular flexibility index (Phi) is 5.37. The Morgan fingerprint density at radius 2 is 1.80 bits per heavy atom. The van der Waals surface area contributed by atoms with Crippen molar-refractivity contribution >= 4 is 11.6 Å². The summed E-state index contributed by atoms with van der Waals surface area (Å²) in [5, 5.41) is 3.18. The molecule has 6 nitrogen and oxygen atoms in total. The fraction of sp³-hybridized carbons (Fsp3) is 0.632. The highest BCUT2D eigenvalue weighted by Gasteiger charge is 2.37. The van der Waals surface area contributed by atoms with Crippen LogP contribution in [0.3, 0.4) is 0 Å². The molecule has 3 N–H and O–H groups in total. The summed E-state index contributed by atoms with van der Waals surface area (Å²) in [7, 11) is 3.30. The molecule has 1 aliphatic carbocycles. The van der Waals surface area contributed by atoms with Gasteiger partial charge in [-0.15, -0.1) is 0 Å². The highest BCUT2D eigenvalue weighted by molar-refractivity contribution is 5.86. The quantitative estimate of drug-likeness (QED) is 0.853. The van der Waals surface area contributed by atoms with Gasteiger partial charge in [-0.05, 0) is 19.3 Å². The Labute approximate surface area is 149 Å². The summed E-state index contributed by atoms with van der Waals surface area (Å²) in [6, 6.07) is 5.99. The van der Waals surface area contributed by atoms with Gasteiger partial charge in [0.15, 0.2) is 0 Å². The molecule has 2 fully saturated rings. The molecule has 3 rings (SSSR count). The maximum Gasteiger partial charge on any atom is 0.240 e. The second-order valence-corrected chi connectivity index (χ2v) is 7.19. The Morgan fingerprint density at radius 1 is 1.16 bits per heavy atom. The van der Waals surface area contributed by atoms with E-state index in [-0.39, 0.29) is 11.9 Å². The number of anilines is 1. The Balaban J connectivity index is 1.63. The summed E-state index contributed by atoms with van der Waals surface area (Å²) < 4.78 is 10.7. The van der Waals surface area contributed by atoms with Gasteiger partial charge in [0.25, 0.3) is 0 Å². The van der Waals surface area contributed by atoms with E-state index in [1.165, 1.54) is 6.42 Å². The topological polar surface area (TPSA) is 76.8 Å². The molecular formula is C19H29N3O3. The number of rotatable bonds is 5.